The lowest BCUT2D eigenvalue weighted by Crippen LogP contribution is -2.31. The topological polar surface area (TPSA) is 41.6 Å². The Morgan fingerprint density at radius 3 is 2.74 bits per heavy atom. The molecule has 0 aliphatic heterocycles. The van der Waals surface area contributed by atoms with Crippen LogP contribution in [0.25, 0.3) is 0 Å². The van der Waals surface area contributed by atoms with Gasteiger partial charge in [-0.05, 0) is 31.2 Å². The molecule has 0 unspecified atom stereocenters. The Hall–Kier alpha value is -1.62. The number of rotatable bonds is 7. The molecule has 4 nitrogen and oxygen atoms in total. The highest BCUT2D eigenvalue weighted by Gasteiger charge is 2.10. The molecule has 0 aromatic heterocycles. The van der Waals surface area contributed by atoms with Crippen molar-refractivity contribution in [1.82, 2.24) is 10.2 Å². The molecule has 0 aliphatic carbocycles. The first-order valence-electron chi connectivity index (χ1n) is 6.44. The average molecular weight is 268 g/mol. The van der Waals surface area contributed by atoms with Crippen molar-refractivity contribution < 1.29 is 13.9 Å². The standard InChI is InChI=1S/C14H21FN2O2/c1-4-16-9-11-6-7-13(12(15)8-11)19-10-14(18)17(3)5-2/h6-8,16H,4-5,9-10H2,1-3H3. The molecule has 0 atom stereocenters. The Morgan fingerprint density at radius 1 is 1.42 bits per heavy atom. The predicted molar refractivity (Wildman–Crippen MR) is 72.6 cm³/mol. The number of ether oxygens (including phenoxy) is 1. The Labute approximate surface area is 113 Å². The zero-order chi connectivity index (χ0) is 14.3. The summed E-state index contributed by atoms with van der Waals surface area (Å²) in [6, 6.07) is 4.77. The number of amides is 1. The Morgan fingerprint density at radius 2 is 2.16 bits per heavy atom. The molecule has 1 amide bonds. The lowest BCUT2D eigenvalue weighted by molar-refractivity contribution is -0.131. The molecule has 0 aliphatic rings. The second-order valence-electron chi connectivity index (χ2n) is 4.24. The first-order valence-corrected chi connectivity index (χ1v) is 6.44. The van der Waals surface area contributed by atoms with Gasteiger partial charge in [0.05, 0.1) is 0 Å². The normalized spacial score (nSPS) is 10.3. The quantitative estimate of drug-likeness (QED) is 0.820. The van der Waals surface area contributed by atoms with Crippen LogP contribution in [0.5, 0.6) is 5.75 Å². The summed E-state index contributed by atoms with van der Waals surface area (Å²) < 4.78 is 18.9. The first-order chi connectivity index (χ1) is 9.08. The van der Waals surface area contributed by atoms with Gasteiger partial charge in [-0.1, -0.05) is 13.0 Å². The number of benzene rings is 1. The van der Waals surface area contributed by atoms with Crippen LogP contribution in [0, 0.1) is 5.82 Å². The molecule has 0 radical (unpaired) electrons. The summed E-state index contributed by atoms with van der Waals surface area (Å²) in [4.78, 5) is 13.1. The summed E-state index contributed by atoms with van der Waals surface area (Å²) >= 11 is 0. The number of nitrogens with one attached hydrogen (secondary N) is 1. The van der Waals surface area contributed by atoms with E-state index in [0.29, 0.717) is 13.1 Å². The number of halogens is 1. The largest absolute Gasteiger partial charge is 0.481 e. The van der Waals surface area contributed by atoms with Crippen molar-refractivity contribution in [3.8, 4) is 5.75 Å². The lowest BCUT2D eigenvalue weighted by atomic mass is 10.2. The summed E-state index contributed by atoms with van der Waals surface area (Å²) in [5.41, 5.74) is 0.851. The van der Waals surface area contributed by atoms with Crippen LogP contribution in [0.4, 0.5) is 4.39 Å². The Balaban J connectivity index is 2.57. The number of hydrogen-bond donors (Lipinski definition) is 1. The van der Waals surface area contributed by atoms with E-state index in [2.05, 4.69) is 5.32 Å². The third kappa shape index (κ3) is 4.87. The molecule has 0 bridgehead atoms. The first kappa shape index (κ1) is 15.4. The van der Waals surface area contributed by atoms with E-state index < -0.39 is 5.82 Å². The molecule has 0 fully saturated rings. The molecule has 0 saturated heterocycles. The van der Waals surface area contributed by atoms with Crippen molar-refractivity contribution in [2.24, 2.45) is 0 Å². The van der Waals surface area contributed by atoms with Crippen molar-refractivity contribution in [3.05, 3.63) is 29.6 Å². The molecule has 1 N–H and O–H groups in total. The van der Waals surface area contributed by atoms with Crippen molar-refractivity contribution >= 4 is 5.91 Å². The maximum Gasteiger partial charge on any atom is 0.260 e. The molecule has 1 aromatic carbocycles. The average Bonchev–Trinajstić information content (AvgIpc) is 2.42. The maximum absolute atomic E-state index is 13.7. The van der Waals surface area contributed by atoms with Crippen LogP contribution in [0.15, 0.2) is 18.2 Å². The minimum Gasteiger partial charge on any atom is -0.481 e. The van der Waals surface area contributed by atoms with Gasteiger partial charge in [-0.25, -0.2) is 4.39 Å². The fourth-order valence-corrected chi connectivity index (χ4v) is 1.47. The number of likely N-dealkylation sites (N-methyl/N-ethyl adjacent to an activating group) is 1. The molecule has 0 heterocycles. The number of carbonyl (C=O) groups is 1. The Bertz CT molecular complexity index is 424. The smallest absolute Gasteiger partial charge is 0.260 e. The predicted octanol–water partition coefficient (Wildman–Crippen LogP) is 1.79. The van der Waals surface area contributed by atoms with Crippen molar-refractivity contribution in [2.45, 2.75) is 20.4 Å². The number of carbonyl (C=O) groups excluding carboxylic acids is 1. The van der Waals surface area contributed by atoms with Gasteiger partial charge >= 0.3 is 0 Å². The van der Waals surface area contributed by atoms with Crippen LogP contribution < -0.4 is 10.1 Å². The molecule has 1 aromatic rings. The van der Waals surface area contributed by atoms with Crippen molar-refractivity contribution in [2.75, 3.05) is 26.7 Å². The molecule has 1 rings (SSSR count). The summed E-state index contributed by atoms with van der Waals surface area (Å²) in [5.74, 6) is -0.501. The van der Waals surface area contributed by atoms with Crippen molar-refractivity contribution in [3.63, 3.8) is 0 Å². The van der Waals surface area contributed by atoms with E-state index in [-0.39, 0.29) is 18.3 Å². The number of hydrogen-bond acceptors (Lipinski definition) is 3. The SMILES string of the molecule is CCNCc1ccc(OCC(=O)N(C)CC)c(F)c1. The van der Waals surface area contributed by atoms with Crippen molar-refractivity contribution in [1.29, 1.82) is 0 Å². The van der Waals surface area contributed by atoms with E-state index in [1.54, 1.807) is 19.2 Å². The summed E-state index contributed by atoms with van der Waals surface area (Å²) in [7, 11) is 1.68. The summed E-state index contributed by atoms with van der Waals surface area (Å²) in [6.07, 6.45) is 0. The van der Waals surface area contributed by atoms with E-state index in [1.165, 1.54) is 11.0 Å². The molecule has 19 heavy (non-hydrogen) atoms. The van der Waals surface area contributed by atoms with Gasteiger partial charge < -0.3 is 15.0 Å². The maximum atomic E-state index is 13.7. The van der Waals surface area contributed by atoms with E-state index in [0.717, 1.165) is 12.1 Å². The zero-order valence-electron chi connectivity index (χ0n) is 11.7. The van der Waals surface area contributed by atoms with Crippen LogP contribution in [-0.2, 0) is 11.3 Å². The highest BCUT2D eigenvalue weighted by Crippen LogP contribution is 2.18. The third-order valence-electron chi connectivity index (χ3n) is 2.83. The number of nitrogens with zero attached hydrogens (tertiary/aromatic N) is 1. The van der Waals surface area contributed by atoms with Crippen LogP contribution in [-0.4, -0.2) is 37.6 Å². The monoisotopic (exact) mass is 268 g/mol. The minimum atomic E-state index is -0.442. The molecule has 0 saturated carbocycles. The van der Waals surface area contributed by atoms with Gasteiger partial charge in [-0.2, -0.15) is 0 Å². The van der Waals surface area contributed by atoms with Gasteiger partial charge in [0.25, 0.3) is 5.91 Å². The molecule has 0 spiro atoms. The molecular formula is C14H21FN2O2. The second-order valence-corrected chi connectivity index (χ2v) is 4.24. The van der Waals surface area contributed by atoms with E-state index >= 15 is 0 Å². The fraction of sp³-hybridized carbons (Fsp3) is 0.500. The minimum absolute atomic E-state index is 0.109. The molecule has 5 heteroatoms. The van der Waals surface area contributed by atoms with Crippen LogP contribution in [0.3, 0.4) is 0 Å². The molecular weight excluding hydrogens is 247 g/mol. The van der Waals surface area contributed by atoms with E-state index in [1.807, 2.05) is 13.8 Å². The second kappa shape index (κ2) is 7.74. The van der Waals surface area contributed by atoms with E-state index in [9.17, 15) is 9.18 Å². The molecule has 106 valence electrons. The summed E-state index contributed by atoms with van der Waals surface area (Å²) in [6.45, 7) is 5.76. The van der Waals surface area contributed by atoms with Gasteiger partial charge in [-0.3, -0.25) is 4.79 Å². The van der Waals surface area contributed by atoms with Crippen LogP contribution in [0.2, 0.25) is 0 Å². The highest BCUT2D eigenvalue weighted by atomic mass is 19.1. The highest BCUT2D eigenvalue weighted by molar-refractivity contribution is 5.77. The van der Waals surface area contributed by atoms with Crippen LogP contribution >= 0.6 is 0 Å². The van der Waals surface area contributed by atoms with Gasteiger partial charge in [-0.15, -0.1) is 0 Å². The third-order valence-corrected chi connectivity index (χ3v) is 2.83. The van der Waals surface area contributed by atoms with Crippen LogP contribution in [0.1, 0.15) is 19.4 Å². The lowest BCUT2D eigenvalue weighted by Gasteiger charge is -2.15. The fourth-order valence-electron chi connectivity index (χ4n) is 1.47. The van der Waals surface area contributed by atoms with Gasteiger partial charge in [0.2, 0.25) is 0 Å². The summed E-state index contributed by atoms with van der Waals surface area (Å²) in [5, 5.41) is 3.12. The van der Waals surface area contributed by atoms with E-state index in [4.69, 9.17) is 4.74 Å². The van der Waals surface area contributed by atoms with Gasteiger partial charge in [0, 0.05) is 20.1 Å². The van der Waals surface area contributed by atoms with Gasteiger partial charge in [0.1, 0.15) is 0 Å². The van der Waals surface area contributed by atoms with Gasteiger partial charge in [0.15, 0.2) is 18.2 Å². The zero-order valence-corrected chi connectivity index (χ0v) is 11.7. The Kier molecular flexibility index (Phi) is 6.29.